The molecule has 0 unspecified atom stereocenters. The largest absolute Gasteiger partial charge is 0.478 e. The van der Waals surface area contributed by atoms with Crippen molar-refractivity contribution in [2.75, 3.05) is 0 Å². The van der Waals surface area contributed by atoms with Crippen molar-refractivity contribution in [1.29, 1.82) is 0 Å². The number of fused-ring (bicyclic) bond motifs is 2. The van der Waals surface area contributed by atoms with E-state index < -0.39 is 46.1 Å². The molecule has 0 saturated carbocycles. The van der Waals surface area contributed by atoms with Crippen LogP contribution in [0.2, 0.25) is 0 Å². The molecule has 0 radical (unpaired) electrons. The fourth-order valence-corrected chi connectivity index (χ4v) is 2.48. The van der Waals surface area contributed by atoms with E-state index in [4.69, 9.17) is 20.4 Å². The van der Waals surface area contributed by atoms with E-state index >= 15 is 0 Å². The number of hydrogen-bond donors (Lipinski definition) is 4. The zero-order chi connectivity index (χ0) is 19.2. The Kier molecular flexibility index (Phi) is 3.72. The smallest absolute Gasteiger partial charge is 0.336 e. The second kappa shape index (κ2) is 5.77. The average molecular weight is 356 g/mol. The van der Waals surface area contributed by atoms with Crippen LogP contribution in [0.15, 0.2) is 24.3 Å². The van der Waals surface area contributed by atoms with E-state index in [1.54, 1.807) is 0 Å². The molecule has 1 heterocycles. The lowest BCUT2D eigenvalue weighted by Crippen LogP contribution is -2.10. The van der Waals surface area contributed by atoms with E-state index in [9.17, 15) is 19.2 Å². The summed E-state index contributed by atoms with van der Waals surface area (Å²) in [7, 11) is 0. The van der Waals surface area contributed by atoms with Crippen LogP contribution in [0.1, 0.15) is 41.4 Å². The van der Waals surface area contributed by atoms with Gasteiger partial charge in [-0.15, -0.1) is 0 Å². The Balaban J connectivity index is 2.40. The SMILES string of the molecule is O=C(O)c1cc2nc3cc(C(=O)O)c(C(=O)O)cc3nc2cc1C(=O)O. The molecule has 1 aromatic heterocycles. The van der Waals surface area contributed by atoms with Crippen LogP contribution in [0, 0.1) is 0 Å². The Bertz CT molecular complexity index is 975. The lowest BCUT2D eigenvalue weighted by atomic mass is 10.0. The number of nitrogens with zero attached hydrogens (tertiary/aromatic N) is 2. The molecule has 0 atom stereocenters. The highest BCUT2D eigenvalue weighted by atomic mass is 16.4. The maximum Gasteiger partial charge on any atom is 0.336 e. The van der Waals surface area contributed by atoms with Gasteiger partial charge in [0.05, 0.1) is 44.3 Å². The molecule has 0 aliphatic rings. The molecule has 0 bridgehead atoms. The first kappa shape index (κ1) is 16.8. The summed E-state index contributed by atoms with van der Waals surface area (Å²) in [5.74, 6) is -5.89. The standard InChI is InChI=1S/C16H8N2O8/c19-13(20)5-1-9-10(2-6(5)14(21)22)18-12-4-8(16(25)26)7(15(23)24)3-11(12)17-9/h1-4H,(H,19,20)(H,21,22)(H,23,24)(H,25,26). The lowest BCUT2D eigenvalue weighted by molar-refractivity contribution is 0.0651. The summed E-state index contributed by atoms with van der Waals surface area (Å²) in [5.41, 5.74) is -1.89. The second-order valence-electron chi connectivity index (χ2n) is 5.22. The first-order valence-electron chi connectivity index (χ1n) is 6.91. The van der Waals surface area contributed by atoms with Crippen molar-refractivity contribution in [1.82, 2.24) is 9.97 Å². The second-order valence-corrected chi connectivity index (χ2v) is 5.22. The molecule has 130 valence electrons. The highest BCUT2D eigenvalue weighted by Crippen LogP contribution is 2.23. The summed E-state index contributed by atoms with van der Waals surface area (Å²) in [6.07, 6.45) is 0. The molecule has 10 nitrogen and oxygen atoms in total. The Labute approximate surface area is 143 Å². The van der Waals surface area contributed by atoms with Crippen LogP contribution >= 0.6 is 0 Å². The van der Waals surface area contributed by atoms with E-state index in [2.05, 4.69) is 9.97 Å². The van der Waals surface area contributed by atoms with E-state index in [0.717, 1.165) is 24.3 Å². The Morgan fingerprint density at radius 2 is 0.692 bits per heavy atom. The van der Waals surface area contributed by atoms with Gasteiger partial charge in [-0.3, -0.25) is 0 Å². The monoisotopic (exact) mass is 356 g/mol. The highest BCUT2D eigenvalue weighted by molar-refractivity contribution is 6.08. The topological polar surface area (TPSA) is 175 Å². The predicted octanol–water partition coefficient (Wildman–Crippen LogP) is 1.58. The summed E-state index contributed by atoms with van der Waals surface area (Å²) in [5, 5.41) is 36.6. The van der Waals surface area contributed by atoms with Crippen LogP contribution in [0.3, 0.4) is 0 Å². The lowest BCUT2D eigenvalue weighted by Gasteiger charge is -2.07. The predicted molar refractivity (Wildman–Crippen MR) is 84.9 cm³/mol. The summed E-state index contributed by atoms with van der Waals surface area (Å²) in [4.78, 5) is 53.1. The fraction of sp³-hybridized carbons (Fsp3) is 0. The highest BCUT2D eigenvalue weighted by Gasteiger charge is 2.21. The number of aromatic carboxylic acids is 4. The van der Waals surface area contributed by atoms with Crippen LogP contribution in [0.25, 0.3) is 22.1 Å². The molecule has 0 amide bonds. The van der Waals surface area contributed by atoms with Gasteiger partial charge in [0.1, 0.15) is 0 Å². The van der Waals surface area contributed by atoms with Crippen molar-refractivity contribution in [3.8, 4) is 0 Å². The summed E-state index contributed by atoms with van der Waals surface area (Å²) in [6.45, 7) is 0. The number of carboxylic acids is 4. The number of hydrogen-bond acceptors (Lipinski definition) is 6. The minimum atomic E-state index is -1.47. The number of carboxylic acid groups (broad SMARTS) is 4. The number of aromatic nitrogens is 2. The van der Waals surface area contributed by atoms with Gasteiger partial charge >= 0.3 is 23.9 Å². The third kappa shape index (κ3) is 2.65. The third-order valence-corrected chi connectivity index (χ3v) is 3.63. The fourth-order valence-electron chi connectivity index (χ4n) is 2.48. The maximum atomic E-state index is 11.2. The van der Waals surface area contributed by atoms with Crippen LogP contribution in [0.4, 0.5) is 0 Å². The van der Waals surface area contributed by atoms with Gasteiger partial charge in [0, 0.05) is 0 Å². The molecular weight excluding hydrogens is 348 g/mol. The molecule has 10 heteroatoms. The van der Waals surface area contributed by atoms with Gasteiger partial charge in [-0.2, -0.15) is 0 Å². The van der Waals surface area contributed by atoms with Gasteiger partial charge in [0.25, 0.3) is 0 Å². The third-order valence-electron chi connectivity index (χ3n) is 3.63. The van der Waals surface area contributed by atoms with Crippen LogP contribution < -0.4 is 0 Å². The Morgan fingerprint density at radius 3 is 0.846 bits per heavy atom. The minimum absolute atomic E-state index is 0.0271. The van der Waals surface area contributed by atoms with Crippen LogP contribution in [-0.4, -0.2) is 54.3 Å². The molecule has 0 spiro atoms. The first-order chi connectivity index (χ1) is 12.2. The van der Waals surface area contributed by atoms with E-state index in [0.29, 0.717) is 0 Å². The summed E-state index contributed by atoms with van der Waals surface area (Å²) < 4.78 is 0. The minimum Gasteiger partial charge on any atom is -0.478 e. The molecule has 4 N–H and O–H groups in total. The molecule has 0 aliphatic carbocycles. The molecular formula is C16H8N2O8. The van der Waals surface area contributed by atoms with Gasteiger partial charge in [0.2, 0.25) is 0 Å². The van der Waals surface area contributed by atoms with Crippen LogP contribution in [-0.2, 0) is 0 Å². The quantitative estimate of drug-likeness (QED) is 0.502. The van der Waals surface area contributed by atoms with Gasteiger partial charge in [-0.05, 0) is 24.3 Å². The summed E-state index contributed by atoms with van der Waals surface area (Å²) >= 11 is 0. The van der Waals surface area contributed by atoms with Gasteiger partial charge in [-0.1, -0.05) is 0 Å². The van der Waals surface area contributed by atoms with Crippen molar-refractivity contribution in [2.24, 2.45) is 0 Å². The number of carbonyl (C=O) groups is 4. The number of rotatable bonds is 4. The Hall–Kier alpha value is -4.08. The summed E-state index contributed by atoms with van der Waals surface area (Å²) in [6, 6.07) is 4.05. The number of benzene rings is 2. The first-order valence-corrected chi connectivity index (χ1v) is 6.91. The van der Waals surface area contributed by atoms with E-state index in [1.807, 2.05) is 0 Å². The zero-order valence-electron chi connectivity index (χ0n) is 12.6. The molecule has 2 aromatic carbocycles. The molecule has 0 saturated heterocycles. The van der Waals surface area contributed by atoms with Gasteiger partial charge < -0.3 is 20.4 Å². The van der Waals surface area contributed by atoms with Gasteiger partial charge in [-0.25, -0.2) is 29.1 Å². The average Bonchev–Trinajstić information content (AvgIpc) is 2.57. The van der Waals surface area contributed by atoms with Crippen molar-refractivity contribution in [3.63, 3.8) is 0 Å². The maximum absolute atomic E-state index is 11.2. The van der Waals surface area contributed by atoms with Crippen molar-refractivity contribution >= 4 is 45.9 Å². The van der Waals surface area contributed by atoms with Crippen molar-refractivity contribution < 1.29 is 39.6 Å². The van der Waals surface area contributed by atoms with Crippen LogP contribution in [0.5, 0.6) is 0 Å². The molecule has 26 heavy (non-hydrogen) atoms. The Morgan fingerprint density at radius 1 is 0.500 bits per heavy atom. The van der Waals surface area contributed by atoms with E-state index in [1.165, 1.54) is 0 Å². The van der Waals surface area contributed by atoms with E-state index in [-0.39, 0.29) is 22.1 Å². The molecule has 0 fully saturated rings. The van der Waals surface area contributed by atoms with Gasteiger partial charge in [0.15, 0.2) is 0 Å². The molecule has 0 aliphatic heterocycles. The molecule has 3 aromatic rings. The van der Waals surface area contributed by atoms with Crippen molar-refractivity contribution in [2.45, 2.75) is 0 Å². The van der Waals surface area contributed by atoms with Crippen molar-refractivity contribution in [3.05, 3.63) is 46.5 Å². The zero-order valence-corrected chi connectivity index (χ0v) is 12.6. The molecule has 3 rings (SSSR count). The normalized spacial score (nSPS) is 10.8.